The Morgan fingerprint density at radius 1 is 1.24 bits per heavy atom. The van der Waals surface area contributed by atoms with Crippen molar-refractivity contribution in [1.29, 1.82) is 0 Å². The molecule has 3 rings (SSSR count). The van der Waals surface area contributed by atoms with E-state index in [9.17, 15) is 13.6 Å². The molecule has 0 spiro atoms. The number of anilines is 1. The van der Waals surface area contributed by atoms with Crippen molar-refractivity contribution in [3.05, 3.63) is 65.6 Å². The van der Waals surface area contributed by atoms with Crippen molar-refractivity contribution >= 4 is 17.2 Å². The van der Waals surface area contributed by atoms with Crippen LogP contribution in [-0.4, -0.2) is 15.3 Å². The van der Waals surface area contributed by atoms with Crippen LogP contribution in [0.3, 0.4) is 0 Å². The van der Waals surface area contributed by atoms with Crippen molar-refractivity contribution < 1.29 is 13.6 Å². The summed E-state index contributed by atoms with van der Waals surface area (Å²) in [7, 11) is 0. The third-order valence-electron chi connectivity index (χ3n) is 3.11. The molecule has 6 heteroatoms. The van der Waals surface area contributed by atoms with Gasteiger partial charge in [0.15, 0.2) is 0 Å². The minimum Gasteiger partial charge on any atom is -0.318 e. The normalized spacial score (nSPS) is 10.8. The topological polar surface area (TPSA) is 46.4 Å². The number of hydrogen-bond donors (Lipinski definition) is 1. The van der Waals surface area contributed by atoms with Gasteiger partial charge in [-0.2, -0.15) is 0 Å². The average Bonchev–Trinajstić information content (AvgIpc) is 2.88. The van der Waals surface area contributed by atoms with Gasteiger partial charge in [-0.25, -0.2) is 13.8 Å². The van der Waals surface area contributed by atoms with Crippen LogP contribution in [0.15, 0.2) is 42.6 Å². The van der Waals surface area contributed by atoms with Gasteiger partial charge in [0.25, 0.3) is 5.91 Å². The van der Waals surface area contributed by atoms with E-state index in [-0.39, 0.29) is 11.4 Å². The van der Waals surface area contributed by atoms with E-state index in [1.54, 1.807) is 16.7 Å². The van der Waals surface area contributed by atoms with E-state index in [4.69, 9.17) is 0 Å². The second-order valence-electron chi connectivity index (χ2n) is 4.60. The Balaban J connectivity index is 1.93. The van der Waals surface area contributed by atoms with Gasteiger partial charge in [0, 0.05) is 18.0 Å². The number of aryl methyl sites for hydroxylation is 1. The van der Waals surface area contributed by atoms with Crippen molar-refractivity contribution in [2.45, 2.75) is 6.92 Å². The van der Waals surface area contributed by atoms with Gasteiger partial charge in [-0.1, -0.05) is 6.07 Å². The lowest BCUT2D eigenvalue weighted by atomic mass is 10.3. The summed E-state index contributed by atoms with van der Waals surface area (Å²) in [4.78, 5) is 16.2. The molecule has 0 saturated heterocycles. The summed E-state index contributed by atoms with van der Waals surface area (Å²) >= 11 is 0. The molecule has 106 valence electrons. The number of pyridine rings is 1. The Kier molecular flexibility index (Phi) is 3.13. The summed E-state index contributed by atoms with van der Waals surface area (Å²) in [6.45, 7) is 1.88. The van der Waals surface area contributed by atoms with Gasteiger partial charge >= 0.3 is 0 Å². The van der Waals surface area contributed by atoms with Crippen LogP contribution in [0, 0.1) is 18.6 Å². The molecule has 1 aromatic carbocycles. The first-order valence-corrected chi connectivity index (χ1v) is 6.26. The molecule has 0 atom stereocenters. The van der Waals surface area contributed by atoms with Crippen molar-refractivity contribution in [3.63, 3.8) is 0 Å². The lowest BCUT2D eigenvalue weighted by Crippen LogP contribution is -2.13. The average molecular weight is 287 g/mol. The maximum atomic E-state index is 13.5. The van der Waals surface area contributed by atoms with Gasteiger partial charge in [-0.3, -0.25) is 4.79 Å². The zero-order valence-corrected chi connectivity index (χ0v) is 11.1. The molecule has 2 aromatic heterocycles. The maximum Gasteiger partial charge on any atom is 0.275 e. The third kappa shape index (κ3) is 2.47. The molecule has 0 aliphatic heterocycles. The summed E-state index contributed by atoms with van der Waals surface area (Å²) < 4.78 is 28.3. The molecular weight excluding hydrogens is 276 g/mol. The van der Waals surface area contributed by atoms with Crippen LogP contribution in [0.1, 0.15) is 16.2 Å². The summed E-state index contributed by atoms with van der Waals surface area (Å²) in [5.41, 5.74) is 1.44. The van der Waals surface area contributed by atoms with Crippen LogP contribution >= 0.6 is 0 Å². The van der Waals surface area contributed by atoms with Crippen molar-refractivity contribution in [2.24, 2.45) is 0 Å². The molecule has 0 aliphatic rings. The van der Waals surface area contributed by atoms with Gasteiger partial charge in [0.1, 0.15) is 23.0 Å². The SMILES string of the molecule is Cc1cccc2nc(C(=O)Nc3cc(F)ccc3F)cn12. The first-order valence-electron chi connectivity index (χ1n) is 6.26. The number of hydrogen-bond acceptors (Lipinski definition) is 2. The molecular formula is C15H11F2N3O. The number of amides is 1. The van der Waals surface area contributed by atoms with Crippen LogP contribution in [0.2, 0.25) is 0 Å². The molecule has 2 heterocycles. The molecule has 0 fully saturated rings. The zero-order chi connectivity index (χ0) is 15.0. The lowest BCUT2D eigenvalue weighted by molar-refractivity contribution is 0.102. The molecule has 0 bridgehead atoms. The van der Waals surface area contributed by atoms with E-state index in [1.807, 2.05) is 19.1 Å². The fourth-order valence-corrected chi connectivity index (χ4v) is 2.04. The predicted molar refractivity (Wildman–Crippen MR) is 74.2 cm³/mol. The Hall–Kier alpha value is -2.76. The fourth-order valence-electron chi connectivity index (χ4n) is 2.04. The number of halogens is 2. The molecule has 1 amide bonds. The molecule has 21 heavy (non-hydrogen) atoms. The predicted octanol–water partition coefficient (Wildman–Crippen LogP) is 3.17. The third-order valence-corrected chi connectivity index (χ3v) is 3.11. The molecule has 4 nitrogen and oxygen atoms in total. The minimum absolute atomic E-state index is 0.132. The summed E-state index contributed by atoms with van der Waals surface area (Å²) in [6, 6.07) is 8.33. The maximum absolute atomic E-state index is 13.5. The highest BCUT2D eigenvalue weighted by Crippen LogP contribution is 2.17. The second-order valence-corrected chi connectivity index (χ2v) is 4.60. The molecule has 0 aliphatic carbocycles. The summed E-state index contributed by atoms with van der Waals surface area (Å²) in [5.74, 6) is -1.93. The number of imidazole rings is 1. The number of benzene rings is 1. The largest absolute Gasteiger partial charge is 0.318 e. The number of nitrogens with zero attached hydrogens (tertiary/aromatic N) is 2. The Morgan fingerprint density at radius 2 is 2.05 bits per heavy atom. The number of carbonyl (C=O) groups is 1. The van der Waals surface area contributed by atoms with E-state index in [2.05, 4.69) is 10.3 Å². The van der Waals surface area contributed by atoms with Gasteiger partial charge < -0.3 is 9.72 Å². The zero-order valence-electron chi connectivity index (χ0n) is 11.1. The standard InChI is InChI=1S/C15H11F2N3O/c1-9-3-2-4-14-18-13(8-20(9)14)15(21)19-12-7-10(16)5-6-11(12)17/h2-8H,1H3,(H,19,21). The highest BCUT2D eigenvalue weighted by atomic mass is 19.1. The van der Waals surface area contributed by atoms with E-state index < -0.39 is 17.5 Å². The first kappa shape index (κ1) is 13.2. The molecule has 0 radical (unpaired) electrons. The van der Waals surface area contributed by atoms with Crippen molar-refractivity contribution in [1.82, 2.24) is 9.38 Å². The van der Waals surface area contributed by atoms with Crippen molar-refractivity contribution in [2.75, 3.05) is 5.32 Å². The number of rotatable bonds is 2. The Labute approximate surface area is 119 Å². The first-order chi connectivity index (χ1) is 10.0. The minimum atomic E-state index is -0.704. The number of nitrogens with one attached hydrogen (secondary N) is 1. The molecule has 3 aromatic rings. The van der Waals surface area contributed by atoms with E-state index >= 15 is 0 Å². The highest BCUT2D eigenvalue weighted by Gasteiger charge is 2.14. The van der Waals surface area contributed by atoms with Crippen LogP contribution in [0.4, 0.5) is 14.5 Å². The Bertz CT molecular complexity index is 842. The Morgan fingerprint density at radius 3 is 2.81 bits per heavy atom. The molecule has 1 N–H and O–H groups in total. The second kappa shape index (κ2) is 4.97. The molecule has 0 saturated carbocycles. The number of fused-ring (bicyclic) bond motifs is 1. The summed E-state index contributed by atoms with van der Waals surface area (Å²) in [6.07, 6.45) is 1.55. The summed E-state index contributed by atoms with van der Waals surface area (Å²) in [5, 5.41) is 2.32. The van der Waals surface area contributed by atoms with Crippen LogP contribution < -0.4 is 5.32 Å². The van der Waals surface area contributed by atoms with Gasteiger partial charge in [-0.15, -0.1) is 0 Å². The van der Waals surface area contributed by atoms with E-state index in [0.29, 0.717) is 5.65 Å². The number of aromatic nitrogens is 2. The lowest BCUT2D eigenvalue weighted by Gasteiger charge is -2.04. The van der Waals surface area contributed by atoms with Crippen molar-refractivity contribution in [3.8, 4) is 0 Å². The van der Waals surface area contributed by atoms with Crippen LogP contribution in [0.5, 0.6) is 0 Å². The van der Waals surface area contributed by atoms with E-state index in [1.165, 1.54) is 0 Å². The van der Waals surface area contributed by atoms with Gasteiger partial charge in [0.2, 0.25) is 0 Å². The molecule has 0 unspecified atom stereocenters. The fraction of sp³-hybridized carbons (Fsp3) is 0.0667. The van der Waals surface area contributed by atoms with Gasteiger partial charge in [0.05, 0.1) is 5.69 Å². The quantitative estimate of drug-likeness (QED) is 0.787. The highest BCUT2D eigenvalue weighted by molar-refractivity contribution is 6.03. The monoisotopic (exact) mass is 287 g/mol. The van der Waals surface area contributed by atoms with Crippen LogP contribution in [0.25, 0.3) is 5.65 Å². The van der Waals surface area contributed by atoms with Gasteiger partial charge in [-0.05, 0) is 31.2 Å². The number of carbonyl (C=O) groups excluding carboxylic acids is 1. The smallest absolute Gasteiger partial charge is 0.275 e. The van der Waals surface area contributed by atoms with Crippen LogP contribution in [-0.2, 0) is 0 Å². The van der Waals surface area contributed by atoms with E-state index in [0.717, 1.165) is 23.9 Å².